The first kappa shape index (κ1) is 29.5. The molecule has 6 radical (unpaired) electrons. The van der Waals surface area contributed by atoms with Crippen LogP contribution < -0.4 is 103 Å². The van der Waals surface area contributed by atoms with Crippen LogP contribution in [0.15, 0.2) is 0 Å². The predicted octanol–water partition coefficient (Wildman–Crippen LogP) is -8.09. The molecule has 9 heavy (non-hydrogen) atoms. The van der Waals surface area contributed by atoms with Crippen LogP contribution in [0.25, 0.3) is 0 Å². The van der Waals surface area contributed by atoms with E-state index in [-0.39, 0.29) is 120 Å². The molecule has 0 aromatic carbocycles. The van der Waals surface area contributed by atoms with Gasteiger partial charge in [0.1, 0.15) is 0 Å². The van der Waals surface area contributed by atoms with Gasteiger partial charge in [-0.05, 0) is 0 Å². The van der Waals surface area contributed by atoms with E-state index in [0.29, 0.717) is 0 Å². The SMILES string of the molecule is O=S(=O)([O-])[O-].[B].[B].[K+].[K+]. The fraction of sp³-hybridized carbons (Fsp3) is 0. The van der Waals surface area contributed by atoms with Crippen molar-refractivity contribution in [2.45, 2.75) is 0 Å². The van der Waals surface area contributed by atoms with Crippen LogP contribution in [0.4, 0.5) is 0 Å². The smallest absolute Gasteiger partial charge is 0.759 e. The standard InChI is InChI=1S/2B.2K.H2O4S/c;;;;1-5(2,3)4/h;;;;(H2,1,2,3,4)/q;;2*+1;/p-2. The molecule has 0 fully saturated rings. The normalized spacial score (nSPS) is 6.44. The molecule has 9 heteroatoms. The van der Waals surface area contributed by atoms with Crippen LogP contribution in [0.1, 0.15) is 0 Å². The van der Waals surface area contributed by atoms with Gasteiger partial charge in [-0.2, -0.15) is 0 Å². The van der Waals surface area contributed by atoms with E-state index in [0.717, 1.165) is 0 Å². The molecule has 0 rings (SSSR count). The monoisotopic (exact) mass is 196 g/mol. The van der Waals surface area contributed by atoms with Crippen molar-refractivity contribution in [3.8, 4) is 0 Å². The average molecular weight is 196 g/mol. The van der Waals surface area contributed by atoms with Crippen LogP contribution in [0.3, 0.4) is 0 Å². The molecule has 0 aliphatic heterocycles. The largest absolute Gasteiger partial charge is 1.00 e. The fourth-order valence-electron chi connectivity index (χ4n) is 0. The molecule has 0 aromatic rings. The fourth-order valence-corrected chi connectivity index (χ4v) is 0. The first-order valence-electron chi connectivity index (χ1n) is 0.667. The third-order valence-corrected chi connectivity index (χ3v) is 0. The van der Waals surface area contributed by atoms with Gasteiger partial charge in [-0.15, -0.1) is 0 Å². The van der Waals surface area contributed by atoms with Crippen LogP contribution in [0.2, 0.25) is 0 Å². The Bertz CT molecular complexity index is 99.7. The molecular formula is B2K2O4S. The number of hydrogen-bond acceptors (Lipinski definition) is 4. The number of rotatable bonds is 0. The van der Waals surface area contributed by atoms with E-state index in [4.69, 9.17) is 17.5 Å². The minimum absolute atomic E-state index is 0. The van der Waals surface area contributed by atoms with Gasteiger partial charge in [0, 0.05) is 27.2 Å². The second-order valence-electron chi connectivity index (χ2n) is 0.408. The maximum Gasteiger partial charge on any atom is 1.00 e. The Morgan fingerprint density at radius 2 is 0.889 bits per heavy atom. The first-order chi connectivity index (χ1) is 2.00. The predicted molar refractivity (Wildman–Crippen MR) is 22.0 cm³/mol. The Hall–Kier alpha value is 3.27. The van der Waals surface area contributed by atoms with Gasteiger partial charge in [0.25, 0.3) is 0 Å². The quantitative estimate of drug-likeness (QED) is 0.219. The third kappa shape index (κ3) is 90.5. The van der Waals surface area contributed by atoms with Crippen molar-refractivity contribution < 1.29 is 120 Å². The molecule has 0 aromatic heterocycles. The molecule has 0 saturated heterocycles. The summed E-state index contributed by atoms with van der Waals surface area (Å²) in [4.78, 5) is 0. The Kier molecular flexibility index (Phi) is 45.3. The summed E-state index contributed by atoms with van der Waals surface area (Å²) in [7, 11) is -5.17. The zero-order valence-corrected chi connectivity index (χ0v) is 12.3. The van der Waals surface area contributed by atoms with Crippen molar-refractivity contribution in [2.75, 3.05) is 0 Å². The van der Waals surface area contributed by atoms with Crippen molar-refractivity contribution in [3.05, 3.63) is 0 Å². The molecule has 0 heterocycles. The molecule has 0 spiro atoms. The topological polar surface area (TPSA) is 80.3 Å². The molecule has 38 valence electrons. The molecule has 0 N–H and O–H groups in total. The Labute approximate surface area is 143 Å². The van der Waals surface area contributed by atoms with Gasteiger partial charge < -0.3 is 9.11 Å². The zero-order chi connectivity index (χ0) is 4.50. The second kappa shape index (κ2) is 13.8. The summed E-state index contributed by atoms with van der Waals surface area (Å²) in [5.41, 5.74) is 0. The van der Waals surface area contributed by atoms with Gasteiger partial charge in [0.05, 0.1) is 0 Å². The third-order valence-electron chi connectivity index (χ3n) is 0. The van der Waals surface area contributed by atoms with Gasteiger partial charge in [0.2, 0.25) is 0 Å². The minimum atomic E-state index is -5.17. The van der Waals surface area contributed by atoms with E-state index in [2.05, 4.69) is 0 Å². The molecule has 0 aliphatic carbocycles. The molecule has 0 aliphatic rings. The Morgan fingerprint density at radius 1 is 0.889 bits per heavy atom. The van der Waals surface area contributed by atoms with Gasteiger partial charge in [-0.1, -0.05) is 0 Å². The van der Waals surface area contributed by atoms with Crippen LogP contribution in [-0.4, -0.2) is 34.3 Å². The summed E-state index contributed by atoms with van der Waals surface area (Å²) in [5.74, 6) is 0. The van der Waals surface area contributed by atoms with E-state index in [1.165, 1.54) is 0 Å². The van der Waals surface area contributed by atoms with E-state index in [1.54, 1.807) is 0 Å². The van der Waals surface area contributed by atoms with Crippen LogP contribution in [0, 0.1) is 0 Å². The molecule has 0 unspecified atom stereocenters. The van der Waals surface area contributed by atoms with Crippen LogP contribution in [0.5, 0.6) is 0 Å². The van der Waals surface area contributed by atoms with Crippen LogP contribution in [-0.2, 0) is 10.4 Å². The first-order valence-corrected chi connectivity index (χ1v) is 2.00. The summed E-state index contributed by atoms with van der Waals surface area (Å²) in [6.45, 7) is 0. The maximum absolute atomic E-state index is 8.52. The zero-order valence-electron chi connectivity index (χ0n) is 5.20. The van der Waals surface area contributed by atoms with Gasteiger partial charge in [-0.25, -0.2) is 0 Å². The molecule has 4 nitrogen and oxygen atoms in total. The molecule has 0 atom stereocenters. The Morgan fingerprint density at radius 3 is 0.889 bits per heavy atom. The van der Waals surface area contributed by atoms with Crippen molar-refractivity contribution in [1.82, 2.24) is 0 Å². The summed E-state index contributed by atoms with van der Waals surface area (Å²) in [6.07, 6.45) is 0. The van der Waals surface area contributed by atoms with Gasteiger partial charge >= 0.3 is 103 Å². The van der Waals surface area contributed by atoms with Crippen molar-refractivity contribution >= 4 is 27.2 Å². The van der Waals surface area contributed by atoms with Crippen LogP contribution >= 0.6 is 0 Å². The second-order valence-corrected chi connectivity index (χ2v) is 1.22. The van der Waals surface area contributed by atoms with Crippen molar-refractivity contribution in [1.29, 1.82) is 0 Å². The molecule has 0 amide bonds. The Balaban J connectivity index is -0.0000000133. The van der Waals surface area contributed by atoms with Crippen molar-refractivity contribution in [2.24, 2.45) is 0 Å². The van der Waals surface area contributed by atoms with Crippen molar-refractivity contribution in [3.63, 3.8) is 0 Å². The molecule has 0 saturated carbocycles. The molecular weight excluding hydrogens is 196 g/mol. The van der Waals surface area contributed by atoms with E-state index < -0.39 is 10.4 Å². The maximum atomic E-state index is 8.52. The summed E-state index contributed by atoms with van der Waals surface area (Å²) in [5, 5.41) is 0. The summed E-state index contributed by atoms with van der Waals surface area (Å²) >= 11 is 0. The number of hydrogen-bond donors (Lipinski definition) is 0. The van der Waals surface area contributed by atoms with Gasteiger partial charge in [0.15, 0.2) is 0 Å². The average Bonchev–Trinajstić information content (AvgIpc) is 0.722. The summed E-state index contributed by atoms with van der Waals surface area (Å²) < 4.78 is 34.1. The van der Waals surface area contributed by atoms with E-state index >= 15 is 0 Å². The molecule has 0 bridgehead atoms. The summed E-state index contributed by atoms with van der Waals surface area (Å²) in [6, 6.07) is 0. The minimum Gasteiger partial charge on any atom is -0.759 e. The van der Waals surface area contributed by atoms with Gasteiger partial charge in [-0.3, -0.25) is 8.42 Å². The van der Waals surface area contributed by atoms with E-state index in [9.17, 15) is 0 Å². The van der Waals surface area contributed by atoms with E-state index in [1.807, 2.05) is 0 Å².